The molecule has 2 saturated heterocycles. The molecule has 2 aromatic carbocycles. The number of halogens is 1. The first-order valence-corrected chi connectivity index (χ1v) is 12.4. The van der Waals surface area contributed by atoms with Gasteiger partial charge in [0.2, 0.25) is 0 Å². The van der Waals surface area contributed by atoms with Gasteiger partial charge in [0, 0.05) is 27.6 Å². The van der Waals surface area contributed by atoms with E-state index in [0.29, 0.717) is 40.5 Å². The minimum absolute atomic E-state index is 0.0211. The zero-order chi connectivity index (χ0) is 20.9. The van der Waals surface area contributed by atoms with Crippen LogP contribution in [0, 0.1) is 0 Å². The van der Waals surface area contributed by atoms with Crippen LogP contribution in [-0.2, 0) is 9.84 Å². The molecule has 5 rings (SSSR count). The lowest BCUT2D eigenvalue weighted by Gasteiger charge is -2.26. The van der Waals surface area contributed by atoms with Crippen molar-refractivity contribution in [3.63, 3.8) is 0 Å². The van der Waals surface area contributed by atoms with Gasteiger partial charge in [-0.3, -0.25) is 4.79 Å². The quantitative estimate of drug-likeness (QED) is 0.675. The van der Waals surface area contributed by atoms with Gasteiger partial charge in [0.15, 0.2) is 26.5 Å². The first-order chi connectivity index (χ1) is 14.4. The zero-order valence-corrected chi connectivity index (χ0v) is 18.0. The third-order valence-corrected chi connectivity index (χ3v) is 8.62. The van der Waals surface area contributed by atoms with Gasteiger partial charge in [-0.15, -0.1) is 0 Å². The van der Waals surface area contributed by atoms with Crippen molar-refractivity contribution in [1.82, 2.24) is 0 Å². The van der Waals surface area contributed by atoms with Crippen LogP contribution in [0.5, 0.6) is 11.5 Å². The Morgan fingerprint density at radius 1 is 1.07 bits per heavy atom. The van der Waals surface area contributed by atoms with Crippen molar-refractivity contribution in [1.29, 1.82) is 0 Å². The number of rotatable bonds is 2. The van der Waals surface area contributed by atoms with Gasteiger partial charge in [-0.2, -0.15) is 4.99 Å². The highest BCUT2D eigenvalue weighted by atomic mass is 35.5. The molecule has 3 heterocycles. The molecule has 0 aliphatic carbocycles. The summed E-state index contributed by atoms with van der Waals surface area (Å²) in [6.45, 7) is 0.929. The second-order valence-electron chi connectivity index (χ2n) is 7.20. The van der Waals surface area contributed by atoms with Crippen LogP contribution in [0.3, 0.4) is 0 Å². The van der Waals surface area contributed by atoms with Crippen molar-refractivity contribution in [2.24, 2.45) is 4.99 Å². The third kappa shape index (κ3) is 3.66. The molecule has 10 heteroatoms. The molecule has 1 amide bonds. The molecule has 0 aromatic heterocycles. The lowest BCUT2D eigenvalue weighted by molar-refractivity contribution is 0.100. The van der Waals surface area contributed by atoms with Gasteiger partial charge in [-0.25, -0.2) is 8.42 Å². The second kappa shape index (κ2) is 7.47. The number of benzene rings is 2. The standard InChI is InChI=1S/C20H17ClN2O5S2/c21-13-3-1-12(2-4-13)19(24)22-20-23(15-10-30(25,26)11-18(15)29-20)14-5-6-16-17(9-14)28-8-7-27-16/h1-6,9,15,18H,7-8,10-11H2. The number of hydrogen-bond donors (Lipinski definition) is 0. The maximum absolute atomic E-state index is 12.7. The van der Waals surface area contributed by atoms with Crippen molar-refractivity contribution in [2.75, 3.05) is 29.6 Å². The van der Waals surface area contributed by atoms with Crippen LogP contribution >= 0.6 is 23.4 Å². The van der Waals surface area contributed by atoms with Gasteiger partial charge in [0.05, 0.1) is 17.5 Å². The van der Waals surface area contributed by atoms with Crippen molar-refractivity contribution in [3.8, 4) is 11.5 Å². The maximum atomic E-state index is 12.7. The summed E-state index contributed by atoms with van der Waals surface area (Å²) in [7, 11) is -3.15. The smallest absolute Gasteiger partial charge is 0.279 e. The molecule has 2 unspecified atom stereocenters. The number of sulfone groups is 1. The van der Waals surface area contributed by atoms with E-state index >= 15 is 0 Å². The molecule has 0 saturated carbocycles. The number of nitrogens with zero attached hydrogens (tertiary/aromatic N) is 2. The second-order valence-corrected chi connectivity index (χ2v) is 11.0. The Labute approximate surface area is 182 Å². The fourth-order valence-corrected chi connectivity index (χ4v) is 7.83. The van der Waals surface area contributed by atoms with Crippen LogP contribution in [0.4, 0.5) is 5.69 Å². The molecule has 2 fully saturated rings. The van der Waals surface area contributed by atoms with Crippen LogP contribution in [0.15, 0.2) is 47.5 Å². The molecule has 7 nitrogen and oxygen atoms in total. The minimum Gasteiger partial charge on any atom is -0.486 e. The van der Waals surface area contributed by atoms with E-state index in [1.54, 1.807) is 30.3 Å². The highest BCUT2D eigenvalue weighted by Crippen LogP contribution is 2.43. The average Bonchev–Trinajstić information content (AvgIpc) is 3.18. The van der Waals surface area contributed by atoms with Gasteiger partial charge >= 0.3 is 0 Å². The summed E-state index contributed by atoms with van der Waals surface area (Å²) in [5.41, 5.74) is 1.14. The lowest BCUT2D eigenvalue weighted by atomic mass is 10.2. The summed E-state index contributed by atoms with van der Waals surface area (Å²) in [5.74, 6) is 0.921. The van der Waals surface area contributed by atoms with Crippen LogP contribution < -0.4 is 14.4 Å². The third-order valence-electron chi connectivity index (χ3n) is 5.16. The minimum atomic E-state index is -3.15. The molecule has 30 heavy (non-hydrogen) atoms. The van der Waals surface area contributed by atoms with Crippen molar-refractivity contribution in [2.45, 2.75) is 11.3 Å². The highest BCUT2D eigenvalue weighted by molar-refractivity contribution is 8.16. The Kier molecular flexibility index (Phi) is 4.91. The number of amidine groups is 1. The fraction of sp³-hybridized carbons (Fsp3) is 0.300. The Morgan fingerprint density at radius 3 is 2.57 bits per heavy atom. The molecular weight excluding hydrogens is 448 g/mol. The molecule has 3 aliphatic heterocycles. The highest BCUT2D eigenvalue weighted by Gasteiger charge is 2.49. The molecular formula is C20H17ClN2O5S2. The number of amides is 1. The van der Waals surface area contributed by atoms with Crippen LogP contribution in [0.1, 0.15) is 10.4 Å². The van der Waals surface area contributed by atoms with Crippen molar-refractivity contribution >= 4 is 50.0 Å². The zero-order valence-electron chi connectivity index (χ0n) is 15.7. The van der Waals surface area contributed by atoms with E-state index in [9.17, 15) is 13.2 Å². The number of hydrogen-bond acceptors (Lipinski definition) is 6. The first kappa shape index (κ1) is 19.7. The van der Waals surface area contributed by atoms with E-state index in [2.05, 4.69) is 4.99 Å². The van der Waals surface area contributed by atoms with Gasteiger partial charge in [-0.1, -0.05) is 23.4 Å². The number of thioether (sulfide) groups is 1. The first-order valence-electron chi connectivity index (χ1n) is 9.34. The predicted octanol–water partition coefficient (Wildman–Crippen LogP) is 3.03. The predicted molar refractivity (Wildman–Crippen MR) is 117 cm³/mol. The molecule has 3 aliphatic rings. The largest absolute Gasteiger partial charge is 0.486 e. The molecule has 0 spiro atoms. The summed E-state index contributed by atoms with van der Waals surface area (Å²) in [6, 6.07) is 11.7. The molecule has 0 bridgehead atoms. The number of ether oxygens (including phenoxy) is 2. The van der Waals surface area contributed by atoms with Crippen molar-refractivity contribution in [3.05, 3.63) is 53.1 Å². The SMILES string of the molecule is O=C(N=C1SC2CS(=O)(=O)CC2N1c1ccc2c(c1)OCCO2)c1ccc(Cl)cc1. The topological polar surface area (TPSA) is 85.3 Å². The maximum Gasteiger partial charge on any atom is 0.279 e. The number of fused-ring (bicyclic) bond motifs is 2. The Balaban J connectivity index is 1.53. The van der Waals surface area contributed by atoms with Crippen molar-refractivity contribution < 1.29 is 22.7 Å². The monoisotopic (exact) mass is 464 g/mol. The van der Waals surface area contributed by atoms with Gasteiger partial charge in [0.25, 0.3) is 5.91 Å². The molecule has 2 aromatic rings. The number of carbonyl (C=O) groups is 1. The van der Waals surface area contributed by atoms with E-state index < -0.39 is 15.7 Å². The molecule has 156 valence electrons. The number of aliphatic imine (C=N–C) groups is 1. The average molecular weight is 465 g/mol. The summed E-state index contributed by atoms with van der Waals surface area (Å²) in [5, 5.41) is 0.837. The summed E-state index contributed by atoms with van der Waals surface area (Å²) in [4.78, 5) is 18.9. The Bertz CT molecular complexity index is 1150. The van der Waals surface area contributed by atoms with Crippen LogP contribution in [0.2, 0.25) is 5.02 Å². The van der Waals surface area contributed by atoms with Crippen LogP contribution in [0.25, 0.3) is 0 Å². The lowest BCUT2D eigenvalue weighted by Crippen LogP contribution is -2.37. The Morgan fingerprint density at radius 2 is 1.80 bits per heavy atom. The van der Waals surface area contributed by atoms with Gasteiger partial charge < -0.3 is 14.4 Å². The van der Waals surface area contributed by atoms with E-state index in [0.717, 1.165) is 5.69 Å². The number of anilines is 1. The van der Waals surface area contributed by atoms with Gasteiger partial charge in [0.1, 0.15) is 13.2 Å². The van der Waals surface area contributed by atoms with E-state index in [1.165, 1.54) is 11.8 Å². The normalized spacial score (nSPS) is 25.4. The van der Waals surface area contributed by atoms with E-state index in [4.69, 9.17) is 21.1 Å². The summed E-state index contributed by atoms with van der Waals surface area (Å²) >= 11 is 7.23. The van der Waals surface area contributed by atoms with Crippen LogP contribution in [-0.4, -0.2) is 55.5 Å². The fourth-order valence-electron chi connectivity index (χ4n) is 3.79. The molecule has 0 radical (unpaired) electrons. The number of carbonyl (C=O) groups excluding carboxylic acids is 1. The summed E-state index contributed by atoms with van der Waals surface area (Å²) in [6.07, 6.45) is 0. The molecule has 0 N–H and O–H groups in total. The summed E-state index contributed by atoms with van der Waals surface area (Å²) < 4.78 is 35.7. The molecule has 2 atom stereocenters. The van der Waals surface area contributed by atoms with E-state index in [-0.39, 0.29) is 22.8 Å². The van der Waals surface area contributed by atoms with E-state index in [1.807, 2.05) is 17.0 Å². The van der Waals surface area contributed by atoms with Gasteiger partial charge in [-0.05, 0) is 36.4 Å². The Hall–Kier alpha value is -2.23.